The monoisotopic (exact) mass is 263 g/mol. The Hall–Kier alpha value is -2.11. The zero-order valence-electron chi connectivity index (χ0n) is 10.7. The zero-order valence-corrected chi connectivity index (χ0v) is 10.7. The number of carboxylic acids is 1. The first-order chi connectivity index (χ1) is 9.11. The quantitative estimate of drug-likeness (QED) is 0.677. The highest BCUT2D eigenvalue weighted by atomic mass is 16.4. The average molecular weight is 263 g/mol. The Morgan fingerprint density at radius 1 is 1.63 bits per heavy atom. The maximum Gasteiger partial charge on any atom is 0.326 e. The van der Waals surface area contributed by atoms with Crippen molar-refractivity contribution in [2.75, 3.05) is 0 Å². The van der Waals surface area contributed by atoms with Crippen molar-refractivity contribution < 1.29 is 14.7 Å². The molecule has 1 atom stereocenters. The van der Waals surface area contributed by atoms with Gasteiger partial charge in [-0.15, -0.1) is 0 Å². The minimum absolute atomic E-state index is 0.244. The number of nitrogens with zero attached hydrogens (tertiary/aromatic N) is 1. The normalized spacial score (nSPS) is 16.5. The predicted octanol–water partition coefficient (Wildman–Crippen LogP) is 1.44. The third kappa shape index (κ3) is 3.43. The highest BCUT2D eigenvalue weighted by Crippen LogP contribution is 2.38. The summed E-state index contributed by atoms with van der Waals surface area (Å²) in [7, 11) is 0. The number of amides is 1. The fourth-order valence-electron chi connectivity index (χ4n) is 1.78. The fourth-order valence-corrected chi connectivity index (χ4v) is 1.78. The Morgan fingerprint density at radius 2 is 2.37 bits per heavy atom. The minimum atomic E-state index is -1.05. The Bertz CT molecular complexity index is 503. The first-order valence-electron chi connectivity index (χ1n) is 6.32. The maximum absolute atomic E-state index is 11.9. The predicted molar refractivity (Wildman–Crippen MR) is 68.9 cm³/mol. The van der Waals surface area contributed by atoms with Crippen LogP contribution >= 0.6 is 0 Å². The molecule has 1 heterocycles. The van der Waals surface area contributed by atoms with Gasteiger partial charge >= 0.3 is 5.97 Å². The number of hydrogen-bond acceptors (Lipinski definition) is 3. The van der Waals surface area contributed by atoms with Crippen molar-refractivity contribution in [1.29, 1.82) is 0 Å². The Balaban J connectivity index is 1.98. The molecule has 0 radical (unpaired) electrons. The summed E-state index contributed by atoms with van der Waals surface area (Å²) in [6.45, 7) is 1.80. The first kappa shape index (κ1) is 13.3. The van der Waals surface area contributed by atoms with E-state index in [0.29, 0.717) is 5.92 Å². The van der Waals surface area contributed by atoms with E-state index in [9.17, 15) is 9.59 Å². The van der Waals surface area contributed by atoms with Gasteiger partial charge in [0.1, 0.15) is 11.7 Å². The van der Waals surface area contributed by atoms with Crippen LogP contribution in [0.25, 0.3) is 0 Å². The van der Waals surface area contributed by atoms with Crippen LogP contribution < -0.4 is 5.32 Å². The van der Waals surface area contributed by atoms with Gasteiger partial charge in [0.25, 0.3) is 5.91 Å². The Kier molecular flexibility index (Phi) is 3.99. The van der Waals surface area contributed by atoms with Crippen molar-refractivity contribution in [3.63, 3.8) is 0 Å². The third-order valence-electron chi connectivity index (χ3n) is 3.06. The van der Waals surface area contributed by atoms with Gasteiger partial charge in [-0.25, -0.2) is 4.79 Å². The second-order valence-corrected chi connectivity index (χ2v) is 4.65. The molecule has 102 valence electrons. The van der Waals surface area contributed by atoms with Gasteiger partial charge in [-0.2, -0.15) is 5.10 Å². The highest BCUT2D eigenvalue weighted by molar-refractivity contribution is 5.95. The van der Waals surface area contributed by atoms with Crippen LogP contribution in [0.4, 0.5) is 0 Å². The summed E-state index contributed by atoms with van der Waals surface area (Å²) >= 11 is 0. The van der Waals surface area contributed by atoms with Crippen LogP contribution in [0.5, 0.6) is 0 Å². The number of nitrogens with one attached hydrogen (secondary N) is 2. The molecule has 2 rings (SSSR count). The largest absolute Gasteiger partial charge is 0.480 e. The molecule has 0 bridgehead atoms. The van der Waals surface area contributed by atoms with Crippen molar-refractivity contribution in [3.05, 3.63) is 29.6 Å². The lowest BCUT2D eigenvalue weighted by Gasteiger charge is -2.11. The van der Waals surface area contributed by atoms with Gasteiger partial charge in [0.05, 0.1) is 0 Å². The number of aromatic nitrogens is 2. The van der Waals surface area contributed by atoms with E-state index in [2.05, 4.69) is 15.5 Å². The van der Waals surface area contributed by atoms with Crippen LogP contribution in [-0.2, 0) is 4.79 Å². The fraction of sp³-hybridized carbons (Fsp3) is 0.462. The molecule has 1 aromatic rings. The summed E-state index contributed by atoms with van der Waals surface area (Å²) in [4.78, 5) is 22.9. The SMILES string of the molecule is C/C=C/CC(NC(=O)c1cc(C2CC2)[nH]n1)C(=O)O. The van der Waals surface area contributed by atoms with Crippen LogP contribution in [0, 0.1) is 0 Å². The number of rotatable bonds is 6. The molecule has 1 aliphatic rings. The highest BCUT2D eigenvalue weighted by Gasteiger charge is 2.27. The van der Waals surface area contributed by atoms with Gasteiger partial charge in [-0.1, -0.05) is 12.2 Å². The van der Waals surface area contributed by atoms with Crippen molar-refractivity contribution in [3.8, 4) is 0 Å². The average Bonchev–Trinajstić information content (AvgIpc) is 3.11. The zero-order chi connectivity index (χ0) is 13.8. The molecule has 0 spiro atoms. The van der Waals surface area contributed by atoms with E-state index >= 15 is 0 Å². The topological polar surface area (TPSA) is 95.1 Å². The summed E-state index contributed by atoms with van der Waals surface area (Å²) in [5, 5.41) is 18.2. The van der Waals surface area contributed by atoms with E-state index in [1.165, 1.54) is 0 Å². The van der Waals surface area contributed by atoms with Gasteiger partial charge in [0.15, 0.2) is 0 Å². The summed E-state index contributed by atoms with van der Waals surface area (Å²) in [6, 6.07) is 0.770. The van der Waals surface area contributed by atoms with Crippen LogP contribution in [0.15, 0.2) is 18.2 Å². The second kappa shape index (κ2) is 5.69. The third-order valence-corrected chi connectivity index (χ3v) is 3.06. The molecular formula is C13H17N3O3. The van der Waals surface area contributed by atoms with Gasteiger partial charge in [0.2, 0.25) is 0 Å². The summed E-state index contributed by atoms with van der Waals surface area (Å²) in [5.41, 5.74) is 1.19. The van der Waals surface area contributed by atoms with Crippen molar-refractivity contribution in [2.24, 2.45) is 0 Å². The van der Waals surface area contributed by atoms with Crippen molar-refractivity contribution in [2.45, 2.75) is 38.1 Å². The van der Waals surface area contributed by atoms with Crippen molar-refractivity contribution >= 4 is 11.9 Å². The molecule has 1 amide bonds. The molecule has 1 aromatic heterocycles. The van der Waals surface area contributed by atoms with E-state index in [4.69, 9.17) is 5.11 Å². The lowest BCUT2D eigenvalue weighted by Crippen LogP contribution is -2.40. The summed E-state index contributed by atoms with van der Waals surface area (Å²) in [6.07, 6.45) is 5.95. The lowest BCUT2D eigenvalue weighted by atomic mass is 10.2. The van der Waals surface area contributed by atoms with E-state index in [0.717, 1.165) is 18.5 Å². The molecule has 1 aliphatic carbocycles. The van der Waals surface area contributed by atoms with E-state index in [1.54, 1.807) is 25.1 Å². The molecule has 19 heavy (non-hydrogen) atoms. The number of hydrogen-bond donors (Lipinski definition) is 3. The van der Waals surface area contributed by atoms with E-state index in [-0.39, 0.29) is 12.1 Å². The minimum Gasteiger partial charge on any atom is -0.480 e. The molecule has 1 unspecified atom stereocenters. The van der Waals surface area contributed by atoms with Gasteiger partial charge < -0.3 is 10.4 Å². The molecule has 3 N–H and O–H groups in total. The molecule has 0 aliphatic heterocycles. The number of carboxylic acid groups (broad SMARTS) is 1. The van der Waals surface area contributed by atoms with Crippen LogP contribution in [0.3, 0.4) is 0 Å². The van der Waals surface area contributed by atoms with Gasteiger partial charge in [-0.05, 0) is 32.3 Å². The van der Waals surface area contributed by atoms with Crippen LogP contribution in [0.1, 0.15) is 48.3 Å². The molecule has 1 fully saturated rings. The van der Waals surface area contributed by atoms with Crippen LogP contribution in [-0.4, -0.2) is 33.2 Å². The Labute approximate surface area is 110 Å². The lowest BCUT2D eigenvalue weighted by molar-refractivity contribution is -0.139. The van der Waals surface area contributed by atoms with Crippen LogP contribution in [0.2, 0.25) is 0 Å². The second-order valence-electron chi connectivity index (χ2n) is 4.65. The number of carbonyl (C=O) groups excluding carboxylic acids is 1. The summed E-state index contributed by atoms with van der Waals surface area (Å²) in [5.74, 6) is -1.03. The standard InChI is InChI=1S/C13H17N3O3/c1-2-3-4-9(13(18)19)14-12(17)11-7-10(15-16-11)8-5-6-8/h2-3,7-9H,4-6H2,1H3,(H,14,17)(H,15,16)(H,18,19)/b3-2+. The van der Waals surface area contributed by atoms with Gasteiger partial charge in [0, 0.05) is 11.6 Å². The first-order valence-corrected chi connectivity index (χ1v) is 6.32. The molecule has 6 heteroatoms. The smallest absolute Gasteiger partial charge is 0.326 e. The molecular weight excluding hydrogens is 246 g/mol. The molecule has 1 saturated carbocycles. The molecule has 0 saturated heterocycles. The number of aliphatic carboxylic acids is 1. The van der Waals surface area contributed by atoms with E-state index < -0.39 is 17.9 Å². The number of aromatic amines is 1. The molecule has 6 nitrogen and oxygen atoms in total. The number of carbonyl (C=O) groups is 2. The number of allylic oxidation sites excluding steroid dienone is 1. The summed E-state index contributed by atoms with van der Waals surface area (Å²) < 4.78 is 0. The Morgan fingerprint density at radius 3 is 2.95 bits per heavy atom. The van der Waals surface area contributed by atoms with E-state index in [1.807, 2.05) is 0 Å². The maximum atomic E-state index is 11.9. The van der Waals surface area contributed by atoms with Gasteiger partial charge in [-0.3, -0.25) is 9.89 Å². The number of H-pyrrole nitrogens is 1. The molecule has 0 aromatic carbocycles. The van der Waals surface area contributed by atoms with Crippen molar-refractivity contribution in [1.82, 2.24) is 15.5 Å².